The molecule has 2 aromatic heterocycles. The normalized spacial score (nSPS) is 14.0. The van der Waals surface area contributed by atoms with Gasteiger partial charge in [0.05, 0.1) is 17.5 Å². The lowest BCUT2D eigenvalue weighted by atomic mass is 9.96. The highest BCUT2D eigenvalue weighted by molar-refractivity contribution is 5.98. The van der Waals surface area contributed by atoms with Gasteiger partial charge in [0.15, 0.2) is 0 Å². The van der Waals surface area contributed by atoms with E-state index in [0.717, 1.165) is 17.7 Å². The molecule has 1 aliphatic rings. The Bertz CT molecular complexity index is 1130. The molecule has 1 aliphatic heterocycles. The second-order valence-electron chi connectivity index (χ2n) is 7.13. The highest BCUT2D eigenvalue weighted by Crippen LogP contribution is 2.31. The lowest BCUT2D eigenvalue weighted by molar-refractivity contribution is -0.137. The van der Waals surface area contributed by atoms with Crippen LogP contribution in [0.2, 0.25) is 0 Å². The maximum atomic E-state index is 13.7. The van der Waals surface area contributed by atoms with Crippen molar-refractivity contribution >= 4 is 5.91 Å². The summed E-state index contributed by atoms with van der Waals surface area (Å²) in [4.78, 5) is 18.4. The Balaban J connectivity index is 1.69. The van der Waals surface area contributed by atoms with E-state index in [1.165, 1.54) is 12.4 Å². The number of carbonyl (C=O) groups excluding carboxylic acids is 1. The van der Waals surface area contributed by atoms with Crippen molar-refractivity contribution in [2.24, 2.45) is 0 Å². The van der Waals surface area contributed by atoms with E-state index in [2.05, 4.69) is 15.2 Å². The summed E-state index contributed by atoms with van der Waals surface area (Å²) in [5.74, 6) is -1.06. The summed E-state index contributed by atoms with van der Waals surface area (Å²) in [6, 6.07) is 5.75. The predicted molar refractivity (Wildman–Crippen MR) is 100 cm³/mol. The van der Waals surface area contributed by atoms with Crippen molar-refractivity contribution in [3.8, 4) is 11.4 Å². The second-order valence-corrected chi connectivity index (χ2v) is 7.13. The Morgan fingerprint density at radius 2 is 1.93 bits per heavy atom. The molecule has 1 aromatic carbocycles. The van der Waals surface area contributed by atoms with Gasteiger partial charge in [0.25, 0.3) is 5.91 Å². The summed E-state index contributed by atoms with van der Waals surface area (Å²) < 4.78 is 52.6. The third-order valence-corrected chi connectivity index (χ3v) is 4.98. The first-order chi connectivity index (χ1) is 14.2. The minimum atomic E-state index is -4.63. The van der Waals surface area contributed by atoms with Crippen LogP contribution in [0.4, 0.5) is 17.6 Å². The molecule has 30 heavy (non-hydrogen) atoms. The van der Waals surface area contributed by atoms with E-state index >= 15 is 0 Å². The number of rotatable bonds is 3. The van der Waals surface area contributed by atoms with Crippen molar-refractivity contribution < 1.29 is 22.4 Å². The van der Waals surface area contributed by atoms with Crippen LogP contribution in [0, 0.1) is 5.82 Å². The van der Waals surface area contributed by atoms with Crippen LogP contribution in [0.5, 0.6) is 0 Å². The molecule has 4 rings (SSSR count). The zero-order valence-electron chi connectivity index (χ0n) is 15.9. The number of alkyl halides is 3. The standard InChI is InChI=1S/C21H16F4N4O/c1-29-5-3-16-17(20(29)30)2-4-26-19(16)18-9-13(11-27-28-18)6-12-7-14(21(23,24)25)10-15(22)8-12/h2,4,7-11H,3,5-6H2,1H3. The average Bonchev–Trinajstić information content (AvgIpc) is 2.69. The fourth-order valence-corrected chi connectivity index (χ4v) is 3.52. The molecule has 0 saturated carbocycles. The zero-order valence-corrected chi connectivity index (χ0v) is 15.9. The second kappa shape index (κ2) is 7.47. The van der Waals surface area contributed by atoms with Gasteiger partial charge in [0, 0.05) is 25.4 Å². The van der Waals surface area contributed by atoms with Crippen molar-refractivity contribution in [1.29, 1.82) is 0 Å². The zero-order chi connectivity index (χ0) is 21.5. The lowest BCUT2D eigenvalue weighted by Gasteiger charge is -2.25. The highest BCUT2D eigenvalue weighted by atomic mass is 19.4. The molecule has 3 heterocycles. The highest BCUT2D eigenvalue weighted by Gasteiger charge is 2.31. The first kappa shape index (κ1) is 19.9. The number of fused-ring (bicyclic) bond motifs is 1. The average molecular weight is 416 g/mol. The maximum Gasteiger partial charge on any atom is 0.416 e. The molecule has 0 unspecified atom stereocenters. The Labute approximate surface area is 169 Å². The van der Waals surface area contributed by atoms with Crippen molar-refractivity contribution in [1.82, 2.24) is 20.1 Å². The van der Waals surface area contributed by atoms with Gasteiger partial charge in [-0.15, -0.1) is 5.10 Å². The van der Waals surface area contributed by atoms with Crippen molar-refractivity contribution in [3.05, 3.63) is 76.4 Å². The number of halogens is 4. The maximum absolute atomic E-state index is 13.7. The molecule has 0 saturated heterocycles. The molecule has 5 nitrogen and oxygen atoms in total. The summed E-state index contributed by atoms with van der Waals surface area (Å²) in [7, 11) is 1.72. The lowest BCUT2D eigenvalue weighted by Crippen LogP contribution is -2.34. The number of hydrogen-bond donors (Lipinski definition) is 0. The molecule has 154 valence electrons. The van der Waals surface area contributed by atoms with Crippen LogP contribution < -0.4 is 0 Å². The molecule has 0 fully saturated rings. The number of benzene rings is 1. The van der Waals surface area contributed by atoms with Gasteiger partial charge in [0.2, 0.25) is 0 Å². The Hall–Kier alpha value is -3.36. The number of nitrogens with zero attached hydrogens (tertiary/aromatic N) is 4. The fourth-order valence-electron chi connectivity index (χ4n) is 3.52. The number of hydrogen-bond acceptors (Lipinski definition) is 4. The van der Waals surface area contributed by atoms with Crippen molar-refractivity contribution in [2.75, 3.05) is 13.6 Å². The van der Waals surface area contributed by atoms with Gasteiger partial charge in [0.1, 0.15) is 11.5 Å². The Morgan fingerprint density at radius 3 is 2.70 bits per heavy atom. The topological polar surface area (TPSA) is 59.0 Å². The summed E-state index contributed by atoms with van der Waals surface area (Å²) in [5, 5.41) is 8.02. The predicted octanol–water partition coefficient (Wildman–Crippen LogP) is 3.92. The van der Waals surface area contributed by atoms with Crippen LogP contribution in [0.1, 0.15) is 32.6 Å². The largest absolute Gasteiger partial charge is 0.416 e. The molecule has 0 atom stereocenters. The fraction of sp³-hybridized carbons (Fsp3) is 0.238. The number of carbonyl (C=O) groups is 1. The van der Waals surface area contributed by atoms with Gasteiger partial charge in [-0.05, 0) is 59.9 Å². The molecule has 9 heteroatoms. The van der Waals surface area contributed by atoms with Gasteiger partial charge >= 0.3 is 6.18 Å². The summed E-state index contributed by atoms with van der Waals surface area (Å²) in [6.45, 7) is 0.543. The molecule has 1 amide bonds. The van der Waals surface area contributed by atoms with Gasteiger partial charge in [-0.3, -0.25) is 9.78 Å². The van der Waals surface area contributed by atoms with E-state index in [1.807, 2.05) is 0 Å². The minimum Gasteiger partial charge on any atom is -0.341 e. The van der Waals surface area contributed by atoms with Crippen molar-refractivity contribution in [3.63, 3.8) is 0 Å². The minimum absolute atomic E-state index is 0.0417. The number of aromatic nitrogens is 3. The summed E-state index contributed by atoms with van der Waals surface area (Å²) in [5.41, 5.74) is 1.91. The number of likely N-dealkylation sites (N-methyl/N-ethyl adjacent to an activating group) is 1. The van der Waals surface area contributed by atoms with Crippen LogP contribution >= 0.6 is 0 Å². The van der Waals surface area contributed by atoms with Crippen LogP contribution in [0.25, 0.3) is 11.4 Å². The molecular formula is C21H16F4N4O. The van der Waals surface area contributed by atoms with E-state index < -0.39 is 17.6 Å². The molecular weight excluding hydrogens is 400 g/mol. The monoisotopic (exact) mass is 416 g/mol. The van der Waals surface area contributed by atoms with Crippen LogP contribution in [-0.2, 0) is 19.0 Å². The molecule has 0 radical (unpaired) electrons. The first-order valence-electron chi connectivity index (χ1n) is 9.14. The number of amides is 1. The van der Waals surface area contributed by atoms with Gasteiger partial charge < -0.3 is 4.90 Å². The molecule has 0 bridgehead atoms. The Kier molecular flexibility index (Phi) is 4.97. The molecule has 0 aliphatic carbocycles. The first-order valence-corrected chi connectivity index (χ1v) is 9.14. The molecule has 3 aromatic rings. The number of pyridine rings is 1. The third kappa shape index (κ3) is 3.87. The third-order valence-electron chi connectivity index (χ3n) is 4.98. The molecule has 0 spiro atoms. The van der Waals surface area contributed by atoms with Crippen LogP contribution in [-0.4, -0.2) is 39.6 Å². The SMILES string of the molecule is CN1CCc2c(ccnc2-c2cc(Cc3cc(F)cc(C(F)(F)F)c3)cnn2)C1=O. The van der Waals surface area contributed by atoms with E-state index in [9.17, 15) is 22.4 Å². The van der Waals surface area contributed by atoms with E-state index in [1.54, 1.807) is 24.1 Å². The van der Waals surface area contributed by atoms with Gasteiger partial charge in [-0.2, -0.15) is 18.3 Å². The van der Waals surface area contributed by atoms with Gasteiger partial charge in [-0.1, -0.05) is 0 Å². The van der Waals surface area contributed by atoms with Crippen LogP contribution in [0.3, 0.4) is 0 Å². The van der Waals surface area contributed by atoms with E-state index in [4.69, 9.17) is 0 Å². The quantitative estimate of drug-likeness (QED) is 0.608. The summed E-state index contributed by atoms with van der Waals surface area (Å²) >= 11 is 0. The Morgan fingerprint density at radius 1 is 1.13 bits per heavy atom. The van der Waals surface area contributed by atoms with Crippen LogP contribution in [0.15, 0.2) is 42.7 Å². The van der Waals surface area contributed by atoms with Gasteiger partial charge in [-0.25, -0.2) is 4.39 Å². The van der Waals surface area contributed by atoms with E-state index in [-0.39, 0.29) is 17.9 Å². The molecule has 0 N–H and O–H groups in total. The van der Waals surface area contributed by atoms with Crippen molar-refractivity contribution in [2.45, 2.75) is 19.0 Å². The van der Waals surface area contributed by atoms with E-state index in [0.29, 0.717) is 41.5 Å². The summed E-state index contributed by atoms with van der Waals surface area (Å²) in [6.07, 6.45) is -1.06. The smallest absolute Gasteiger partial charge is 0.341 e.